The van der Waals surface area contributed by atoms with Gasteiger partial charge in [0.05, 0.1) is 17.7 Å². The summed E-state index contributed by atoms with van der Waals surface area (Å²) in [5, 5.41) is 16.1. The van der Waals surface area contributed by atoms with Crippen molar-refractivity contribution in [3.8, 4) is 0 Å². The Hall–Kier alpha value is -2.48. The van der Waals surface area contributed by atoms with E-state index in [4.69, 9.17) is 14.7 Å². The Bertz CT molecular complexity index is 908. The van der Waals surface area contributed by atoms with Gasteiger partial charge in [-0.2, -0.15) is 10.2 Å². The molecule has 1 saturated carbocycles. The zero-order valence-electron chi connectivity index (χ0n) is 16.2. The molecular weight excluding hydrogens is 342 g/mol. The number of aromatic nitrogens is 6. The lowest BCUT2D eigenvalue weighted by atomic mass is 9.87. The maximum Gasteiger partial charge on any atom is 0.163 e. The van der Waals surface area contributed by atoms with E-state index in [9.17, 15) is 0 Å². The molecule has 0 aliphatic heterocycles. The molecule has 2 N–H and O–H groups in total. The summed E-state index contributed by atoms with van der Waals surface area (Å²) in [4.78, 5) is 9.80. The summed E-state index contributed by atoms with van der Waals surface area (Å²) < 4.78 is 7.48. The summed E-state index contributed by atoms with van der Waals surface area (Å²) in [6.07, 6.45) is 7.42. The fourth-order valence-corrected chi connectivity index (χ4v) is 3.79. The van der Waals surface area contributed by atoms with Crippen LogP contribution in [0.25, 0.3) is 11.0 Å². The third-order valence-corrected chi connectivity index (χ3v) is 5.27. The highest BCUT2D eigenvalue weighted by Crippen LogP contribution is 2.34. The molecule has 27 heavy (non-hydrogen) atoms. The van der Waals surface area contributed by atoms with Gasteiger partial charge in [0, 0.05) is 31.3 Å². The summed E-state index contributed by atoms with van der Waals surface area (Å²) in [6, 6.07) is 1.97. The Morgan fingerprint density at radius 2 is 2.07 bits per heavy atom. The molecule has 0 atom stereocenters. The van der Waals surface area contributed by atoms with Gasteiger partial charge >= 0.3 is 0 Å². The molecule has 0 saturated heterocycles. The summed E-state index contributed by atoms with van der Waals surface area (Å²) in [6.45, 7) is 4.97. The average molecular weight is 369 g/mol. The van der Waals surface area contributed by atoms with Gasteiger partial charge in [0.25, 0.3) is 0 Å². The summed E-state index contributed by atoms with van der Waals surface area (Å²) in [5.74, 6) is 2.78. The number of H-pyrrole nitrogens is 1. The predicted molar refractivity (Wildman–Crippen MR) is 104 cm³/mol. The molecule has 3 aromatic heterocycles. The quantitative estimate of drug-likeness (QED) is 0.688. The van der Waals surface area contributed by atoms with E-state index in [-0.39, 0.29) is 0 Å². The molecule has 3 heterocycles. The largest absolute Gasteiger partial charge is 0.381 e. The highest BCUT2D eigenvalue weighted by atomic mass is 16.5. The van der Waals surface area contributed by atoms with Gasteiger partial charge in [-0.05, 0) is 39.0 Å². The lowest BCUT2D eigenvalue weighted by Gasteiger charge is -2.26. The van der Waals surface area contributed by atoms with Crippen LogP contribution < -0.4 is 5.32 Å². The second-order valence-corrected chi connectivity index (χ2v) is 7.31. The zero-order chi connectivity index (χ0) is 18.8. The van der Waals surface area contributed by atoms with Crippen molar-refractivity contribution in [1.82, 2.24) is 29.9 Å². The second kappa shape index (κ2) is 7.64. The maximum absolute atomic E-state index is 5.51. The van der Waals surface area contributed by atoms with Crippen LogP contribution in [-0.4, -0.2) is 43.2 Å². The number of aromatic amines is 1. The number of nitrogens with zero attached hydrogens (tertiary/aromatic N) is 5. The van der Waals surface area contributed by atoms with Crippen molar-refractivity contribution in [1.29, 1.82) is 0 Å². The molecule has 0 aromatic carbocycles. The van der Waals surface area contributed by atoms with Crippen molar-refractivity contribution < 1.29 is 4.74 Å². The van der Waals surface area contributed by atoms with Gasteiger partial charge in [-0.1, -0.05) is 6.92 Å². The van der Waals surface area contributed by atoms with Crippen LogP contribution in [0.4, 0.5) is 11.6 Å². The minimum atomic E-state index is 0.354. The number of rotatable bonds is 6. The van der Waals surface area contributed by atoms with Crippen LogP contribution in [0.2, 0.25) is 0 Å². The lowest BCUT2D eigenvalue weighted by Crippen LogP contribution is -2.21. The van der Waals surface area contributed by atoms with Crippen molar-refractivity contribution in [2.24, 2.45) is 0 Å². The summed E-state index contributed by atoms with van der Waals surface area (Å²) in [5.41, 5.74) is 1.90. The molecule has 0 amide bonds. The van der Waals surface area contributed by atoms with E-state index >= 15 is 0 Å². The van der Waals surface area contributed by atoms with Crippen LogP contribution in [0.3, 0.4) is 0 Å². The van der Waals surface area contributed by atoms with Crippen molar-refractivity contribution in [2.75, 3.05) is 12.4 Å². The highest BCUT2D eigenvalue weighted by molar-refractivity contribution is 5.88. The molecule has 0 bridgehead atoms. The fourth-order valence-electron chi connectivity index (χ4n) is 3.79. The van der Waals surface area contributed by atoms with Gasteiger partial charge in [0.2, 0.25) is 0 Å². The first kappa shape index (κ1) is 17.9. The summed E-state index contributed by atoms with van der Waals surface area (Å²) >= 11 is 0. The Morgan fingerprint density at radius 1 is 1.26 bits per heavy atom. The van der Waals surface area contributed by atoms with E-state index in [0.717, 1.165) is 72.8 Å². The number of nitrogens with one attached hydrogen (secondary N) is 2. The minimum Gasteiger partial charge on any atom is -0.381 e. The average Bonchev–Trinajstić information content (AvgIpc) is 3.28. The first-order valence-electron chi connectivity index (χ1n) is 9.73. The van der Waals surface area contributed by atoms with Crippen molar-refractivity contribution in [2.45, 2.75) is 64.5 Å². The fraction of sp³-hybridized carbons (Fsp3) is 0.579. The van der Waals surface area contributed by atoms with E-state index in [2.05, 4.69) is 27.5 Å². The number of methoxy groups -OCH3 is 1. The Balaban J connectivity index is 1.71. The Morgan fingerprint density at radius 3 is 2.74 bits per heavy atom. The molecule has 0 unspecified atom stereocenters. The molecule has 0 spiro atoms. The first-order chi connectivity index (χ1) is 13.2. The van der Waals surface area contributed by atoms with Crippen LogP contribution in [0.1, 0.15) is 56.5 Å². The van der Waals surface area contributed by atoms with Crippen LogP contribution in [-0.2, 0) is 11.3 Å². The van der Waals surface area contributed by atoms with E-state index in [0.29, 0.717) is 12.0 Å². The molecule has 1 aliphatic rings. The van der Waals surface area contributed by atoms with Crippen molar-refractivity contribution >= 4 is 22.7 Å². The zero-order valence-corrected chi connectivity index (χ0v) is 16.2. The highest BCUT2D eigenvalue weighted by Gasteiger charge is 2.26. The van der Waals surface area contributed by atoms with Crippen LogP contribution >= 0.6 is 0 Å². The van der Waals surface area contributed by atoms with Gasteiger partial charge in [-0.25, -0.2) is 14.6 Å². The number of anilines is 2. The monoisotopic (exact) mass is 369 g/mol. The molecule has 144 valence electrons. The molecular formula is C19H27N7O. The first-order valence-corrected chi connectivity index (χ1v) is 9.73. The second-order valence-electron chi connectivity index (χ2n) is 7.31. The number of ether oxygens (including phenoxy) is 1. The molecule has 4 rings (SSSR count). The van der Waals surface area contributed by atoms with Crippen molar-refractivity contribution in [3.05, 3.63) is 23.8 Å². The van der Waals surface area contributed by atoms with E-state index in [1.54, 1.807) is 7.11 Å². The topological polar surface area (TPSA) is 93.5 Å². The van der Waals surface area contributed by atoms with Gasteiger partial charge in [0.15, 0.2) is 11.5 Å². The van der Waals surface area contributed by atoms with Gasteiger partial charge < -0.3 is 10.1 Å². The SMILES string of the molecule is CCCn1ncc2c(Nc3cc(C)[nH]n3)nc(C3CCC(OC)CC3)nc21. The van der Waals surface area contributed by atoms with Gasteiger partial charge in [-0.15, -0.1) is 0 Å². The van der Waals surface area contributed by atoms with Gasteiger partial charge in [-0.3, -0.25) is 5.10 Å². The standard InChI is InChI=1S/C19H27N7O/c1-4-9-26-19-15(11-20-26)18(21-16-10-12(2)24-25-16)22-17(23-19)13-5-7-14(27-3)8-6-13/h10-11,13-14H,4-9H2,1-3H3,(H2,21,22,23,24,25). The Kier molecular flexibility index (Phi) is 5.07. The molecule has 8 heteroatoms. The van der Waals surface area contributed by atoms with Crippen LogP contribution in [0.5, 0.6) is 0 Å². The van der Waals surface area contributed by atoms with E-state index < -0.39 is 0 Å². The van der Waals surface area contributed by atoms with Crippen LogP contribution in [0, 0.1) is 6.92 Å². The number of fused-ring (bicyclic) bond motifs is 1. The molecule has 3 aromatic rings. The lowest BCUT2D eigenvalue weighted by molar-refractivity contribution is 0.0651. The third kappa shape index (κ3) is 3.66. The number of aryl methyl sites for hydroxylation is 2. The third-order valence-electron chi connectivity index (χ3n) is 5.27. The molecule has 0 radical (unpaired) electrons. The Labute approximate surface area is 158 Å². The number of hydrogen-bond donors (Lipinski definition) is 2. The normalized spacial score (nSPS) is 20.3. The van der Waals surface area contributed by atoms with Crippen LogP contribution in [0.15, 0.2) is 12.3 Å². The molecule has 8 nitrogen and oxygen atoms in total. The smallest absolute Gasteiger partial charge is 0.163 e. The van der Waals surface area contributed by atoms with E-state index in [1.807, 2.05) is 23.9 Å². The van der Waals surface area contributed by atoms with E-state index in [1.165, 1.54) is 0 Å². The number of hydrogen-bond acceptors (Lipinski definition) is 6. The van der Waals surface area contributed by atoms with Gasteiger partial charge in [0.1, 0.15) is 11.6 Å². The molecule has 1 fully saturated rings. The van der Waals surface area contributed by atoms with Crippen molar-refractivity contribution in [3.63, 3.8) is 0 Å². The molecule has 1 aliphatic carbocycles. The predicted octanol–water partition coefficient (Wildman–Crippen LogP) is 3.68. The maximum atomic E-state index is 5.51. The summed E-state index contributed by atoms with van der Waals surface area (Å²) in [7, 11) is 1.80. The minimum absolute atomic E-state index is 0.354.